The Morgan fingerprint density at radius 3 is 2.17 bits per heavy atom. The second kappa shape index (κ2) is 9.41. The molecular weight excluding hydrogens is 473 g/mol. The van der Waals surface area contributed by atoms with Crippen molar-refractivity contribution in [1.29, 1.82) is 0 Å². The number of benzene rings is 3. The molecule has 0 saturated carbocycles. The average molecular weight is 499 g/mol. The van der Waals surface area contributed by atoms with Crippen LogP contribution in [0.1, 0.15) is 53.2 Å². The summed E-state index contributed by atoms with van der Waals surface area (Å²) in [4.78, 5) is 26.9. The Balaban J connectivity index is 1.53. The zero-order valence-corrected chi connectivity index (χ0v) is 20.3. The monoisotopic (exact) mass is 498 g/mol. The molecular formula is C27H25F3N2O2S. The third kappa shape index (κ3) is 5.53. The molecule has 3 aromatic rings. The number of anilines is 2. The van der Waals surface area contributed by atoms with E-state index in [0.717, 1.165) is 23.3 Å². The van der Waals surface area contributed by atoms with E-state index in [9.17, 15) is 22.8 Å². The van der Waals surface area contributed by atoms with Gasteiger partial charge in [-0.3, -0.25) is 14.5 Å². The molecule has 1 N–H and O–H groups in total. The van der Waals surface area contributed by atoms with E-state index in [1.807, 2.05) is 18.2 Å². The lowest BCUT2D eigenvalue weighted by Crippen LogP contribution is -2.28. The summed E-state index contributed by atoms with van der Waals surface area (Å²) >= 11 is 1.39. The van der Waals surface area contributed by atoms with E-state index in [1.165, 1.54) is 28.8 Å². The highest BCUT2D eigenvalue weighted by molar-refractivity contribution is 8.00. The summed E-state index contributed by atoms with van der Waals surface area (Å²) in [7, 11) is 0. The Hall–Kier alpha value is -3.26. The van der Waals surface area contributed by atoms with Gasteiger partial charge in [-0.05, 0) is 65.1 Å². The molecule has 0 radical (unpaired) electrons. The quantitative estimate of drug-likeness (QED) is 0.420. The van der Waals surface area contributed by atoms with E-state index in [4.69, 9.17) is 0 Å². The molecule has 0 bridgehead atoms. The number of alkyl halides is 3. The number of amides is 2. The lowest BCUT2D eigenvalue weighted by atomic mass is 9.87. The maximum Gasteiger partial charge on any atom is 0.416 e. The van der Waals surface area contributed by atoms with Crippen LogP contribution in [0.25, 0.3) is 0 Å². The molecule has 1 aliphatic rings. The van der Waals surface area contributed by atoms with Crippen LogP contribution in [0.4, 0.5) is 24.5 Å². The van der Waals surface area contributed by atoms with E-state index in [-0.39, 0.29) is 23.0 Å². The third-order valence-corrected chi connectivity index (χ3v) is 7.00. The van der Waals surface area contributed by atoms with Gasteiger partial charge in [-0.1, -0.05) is 45.0 Å². The first-order valence-electron chi connectivity index (χ1n) is 11.1. The average Bonchev–Trinajstić information content (AvgIpc) is 3.19. The predicted molar refractivity (Wildman–Crippen MR) is 134 cm³/mol. The van der Waals surface area contributed by atoms with Crippen LogP contribution in [-0.2, 0) is 16.4 Å². The van der Waals surface area contributed by atoms with Gasteiger partial charge < -0.3 is 5.32 Å². The zero-order valence-electron chi connectivity index (χ0n) is 19.5. The molecule has 35 heavy (non-hydrogen) atoms. The van der Waals surface area contributed by atoms with Gasteiger partial charge in [0.05, 0.1) is 11.3 Å². The second-order valence-electron chi connectivity index (χ2n) is 9.38. The maximum atomic E-state index is 12.9. The first kappa shape index (κ1) is 24.9. The fraction of sp³-hybridized carbons (Fsp3) is 0.259. The standard InChI is InChI=1S/C27H25F3N2O2S/c1-26(2,3)19-9-7-17(8-10-19)24(34)31-21-6-4-5-18(15-21)25-32(23(33)16-35-25)22-13-11-20(12-14-22)27(28,29)30/h4-15,25H,16H2,1-3H3,(H,31,34)/t25-/m1/s1. The highest BCUT2D eigenvalue weighted by atomic mass is 32.2. The molecule has 1 saturated heterocycles. The van der Waals surface area contributed by atoms with Gasteiger partial charge in [0, 0.05) is 16.9 Å². The number of thioether (sulfide) groups is 1. The van der Waals surface area contributed by atoms with Gasteiger partial charge in [0.2, 0.25) is 5.91 Å². The largest absolute Gasteiger partial charge is 0.416 e. The summed E-state index contributed by atoms with van der Waals surface area (Å²) < 4.78 is 38.8. The van der Waals surface area contributed by atoms with Crippen molar-refractivity contribution in [3.63, 3.8) is 0 Å². The van der Waals surface area contributed by atoms with Crippen LogP contribution in [-0.4, -0.2) is 17.6 Å². The number of nitrogens with zero attached hydrogens (tertiary/aromatic N) is 1. The van der Waals surface area contributed by atoms with Crippen molar-refractivity contribution in [2.45, 2.75) is 37.7 Å². The van der Waals surface area contributed by atoms with Gasteiger partial charge in [-0.2, -0.15) is 13.2 Å². The molecule has 1 heterocycles. The topological polar surface area (TPSA) is 49.4 Å². The van der Waals surface area contributed by atoms with Crippen molar-refractivity contribution in [3.8, 4) is 0 Å². The fourth-order valence-corrected chi connectivity index (χ4v) is 5.02. The number of rotatable bonds is 4. The summed E-state index contributed by atoms with van der Waals surface area (Å²) in [5, 5.41) is 2.48. The highest BCUT2D eigenvalue weighted by Gasteiger charge is 2.35. The molecule has 0 aromatic heterocycles. The molecule has 0 unspecified atom stereocenters. The SMILES string of the molecule is CC(C)(C)c1ccc(C(=O)Nc2cccc([C@H]3SCC(=O)N3c3ccc(C(F)(F)F)cc3)c2)cc1. The summed E-state index contributed by atoms with van der Waals surface area (Å²) in [6.07, 6.45) is -4.44. The van der Waals surface area contributed by atoms with E-state index in [1.54, 1.807) is 30.3 Å². The molecule has 1 aliphatic heterocycles. The van der Waals surface area contributed by atoms with Gasteiger partial charge in [0.1, 0.15) is 5.37 Å². The Morgan fingerprint density at radius 1 is 0.943 bits per heavy atom. The summed E-state index contributed by atoms with van der Waals surface area (Å²) in [6, 6.07) is 19.2. The fourth-order valence-electron chi connectivity index (χ4n) is 3.86. The Labute approximate surface area is 206 Å². The van der Waals surface area contributed by atoms with Gasteiger partial charge in [-0.15, -0.1) is 11.8 Å². The first-order chi connectivity index (χ1) is 16.4. The van der Waals surface area contributed by atoms with Gasteiger partial charge in [0.25, 0.3) is 5.91 Å². The summed E-state index contributed by atoms with van der Waals surface area (Å²) in [5.74, 6) is -0.229. The van der Waals surface area contributed by atoms with Crippen LogP contribution in [0.2, 0.25) is 0 Å². The van der Waals surface area contributed by atoms with Crippen LogP contribution >= 0.6 is 11.8 Å². The minimum absolute atomic E-state index is 0.0152. The van der Waals surface area contributed by atoms with Crippen molar-refractivity contribution in [2.75, 3.05) is 16.0 Å². The van der Waals surface area contributed by atoms with E-state index >= 15 is 0 Å². The van der Waals surface area contributed by atoms with Gasteiger partial charge in [0.15, 0.2) is 0 Å². The first-order valence-corrected chi connectivity index (χ1v) is 12.1. The van der Waals surface area contributed by atoms with Gasteiger partial charge >= 0.3 is 6.18 Å². The maximum absolute atomic E-state index is 12.9. The van der Waals surface area contributed by atoms with E-state index in [2.05, 4.69) is 26.1 Å². The molecule has 182 valence electrons. The molecule has 0 aliphatic carbocycles. The molecule has 4 nitrogen and oxygen atoms in total. The van der Waals surface area contributed by atoms with Crippen molar-refractivity contribution >= 4 is 35.0 Å². The molecule has 3 aromatic carbocycles. The minimum Gasteiger partial charge on any atom is -0.322 e. The van der Waals surface area contributed by atoms with Crippen LogP contribution in [0.15, 0.2) is 72.8 Å². The van der Waals surface area contributed by atoms with Crippen LogP contribution in [0.3, 0.4) is 0 Å². The van der Waals surface area contributed by atoms with Gasteiger partial charge in [-0.25, -0.2) is 0 Å². The van der Waals surface area contributed by atoms with Crippen molar-refractivity contribution in [1.82, 2.24) is 0 Å². The molecule has 2 amide bonds. The molecule has 4 rings (SSSR count). The smallest absolute Gasteiger partial charge is 0.322 e. The van der Waals surface area contributed by atoms with Crippen LogP contribution in [0, 0.1) is 0 Å². The third-order valence-electron chi connectivity index (χ3n) is 5.78. The van der Waals surface area contributed by atoms with Crippen molar-refractivity contribution < 1.29 is 22.8 Å². The normalized spacial score (nSPS) is 16.5. The molecule has 1 atom stereocenters. The van der Waals surface area contributed by atoms with Crippen LogP contribution in [0.5, 0.6) is 0 Å². The number of hydrogen-bond acceptors (Lipinski definition) is 3. The number of carbonyl (C=O) groups is 2. The van der Waals surface area contributed by atoms with Crippen molar-refractivity contribution in [3.05, 3.63) is 95.1 Å². The molecule has 8 heteroatoms. The Kier molecular flexibility index (Phi) is 6.68. The number of halogens is 3. The number of hydrogen-bond donors (Lipinski definition) is 1. The summed E-state index contributed by atoms with van der Waals surface area (Å²) in [5.41, 5.74) is 2.60. The predicted octanol–water partition coefficient (Wildman–Crippen LogP) is 7.03. The number of carbonyl (C=O) groups excluding carboxylic acids is 2. The molecule has 1 fully saturated rings. The van der Waals surface area contributed by atoms with E-state index in [0.29, 0.717) is 16.9 Å². The zero-order chi connectivity index (χ0) is 25.4. The van der Waals surface area contributed by atoms with E-state index < -0.39 is 17.1 Å². The Bertz CT molecular complexity index is 1230. The summed E-state index contributed by atoms with van der Waals surface area (Å²) in [6.45, 7) is 6.31. The lowest BCUT2D eigenvalue weighted by molar-refractivity contribution is -0.137. The number of nitrogens with one attached hydrogen (secondary N) is 1. The van der Waals surface area contributed by atoms with Crippen molar-refractivity contribution in [2.24, 2.45) is 0 Å². The van der Waals surface area contributed by atoms with Crippen LogP contribution < -0.4 is 10.2 Å². The minimum atomic E-state index is -4.44. The Morgan fingerprint density at radius 2 is 1.57 bits per heavy atom. The lowest BCUT2D eigenvalue weighted by Gasteiger charge is -2.25. The molecule has 0 spiro atoms. The second-order valence-corrected chi connectivity index (χ2v) is 10.4. The highest BCUT2D eigenvalue weighted by Crippen LogP contribution is 2.43.